The van der Waals surface area contributed by atoms with Crippen LogP contribution in [0.2, 0.25) is 118 Å². The summed E-state index contributed by atoms with van der Waals surface area (Å²) in [5.74, 6) is 0. The summed E-state index contributed by atoms with van der Waals surface area (Å²) in [4.78, 5) is 0. The number of fused-ring (bicyclic) bond motifs is 1. The first-order valence-corrected chi connectivity index (χ1v) is 42.7. The van der Waals surface area contributed by atoms with Gasteiger partial charge in [-0.25, -0.2) is 0 Å². The van der Waals surface area contributed by atoms with E-state index in [2.05, 4.69) is 181 Å². The maximum atomic E-state index is 2.91. The molecule has 1 radical (unpaired) electrons. The number of rotatable bonds is 10. The molecule has 0 unspecified atom stereocenters. The number of hydrogen-bond acceptors (Lipinski definition) is 0. The quantitative estimate of drug-likeness (QED) is 0.209. The monoisotopic (exact) mass is 841 g/mol. The summed E-state index contributed by atoms with van der Waals surface area (Å²) in [6.45, 7) is 55.9. The summed E-state index contributed by atoms with van der Waals surface area (Å²) in [7, 11) is -9.44. The topological polar surface area (TPSA) is 0 Å². The predicted octanol–water partition coefficient (Wildman–Crippen LogP) is 12.9. The molecular weight excluding hydrogens is 768 g/mol. The van der Waals surface area contributed by atoms with E-state index in [-0.39, 0.29) is 5.41 Å². The van der Waals surface area contributed by atoms with E-state index in [1.807, 2.05) is 14.6 Å². The first kappa shape index (κ1) is 41.6. The summed E-state index contributed by atoms with van der Waals surface area (Å²) in [6, 6.07) is 15.4. The van der Waals surface area contributed by atoms with Gasteiger partial charge in [-0.15, -0.1) is 0 Å². The molecule has 0 bridgehead atoms. The fourth-order valence-electron chi connectivity index (χ4n) is 10.2. The van der Waals surface area contributed by atoms with Crippen LogP contribution in [0.25, 0.3) is 6.08 Å². The van der Waals surface area contributed by atoms with Gasteiger partial charge in [0.2, 0.25) is 0 Å². The van der Waals surface area contributed by atoms with Gasteiger partial charge in [0, 0.05) is 0 Å². The van der Waals surface area contributed by atoms with Gasteiger partial charge in [0.25, 0.3) is 0 Å². The molecule has 7 heteroatoms. The van der Waals surface area contributed by atoms with E-state index >= 15 is 0 Å². The first-order chi connectivity index (χ1) is 20.8. The molecule has 0 fully saturated rings. The minimum absolute atomic E-state index is 0.208. The standard InChI is InChI=1S/C40H73Si6.Sn/c1-40(2,3)27-26-31-24-22-23-25-32(31)28-34-35(38(43(10,11)12)44(13,14)15)29-33(37(41(4,5)6)42(7,8)9)30-36(34)39(45(16,17)18)46(19,20)21;/h22-26,29-30,37-39H,1-21H3;. The Balaban J connectivity index is 2.82. The van der Waals surface area contributed by atoms with Crippen molar-refractivity contribution in [2.75, 3.05) is 0 Å². The molecule has 0 amide bonds. The van der Waals surface area contributed by atoms with E-state index in [1.165, 1.54) is 5.56 Å². The van der Waals surface area contributed by atoms with Gasteiger partial charge >= 0.3 is 312 Å². The van der Waals surface area contributed by atoms with Crippen LogP contribution in [0.15, 0.2) is 40.0 Å². The molecule has 47 heavy (non-hydrogen) atoms. The molecule has 1 aliphatic heterocycles. The molecule has 3 rings (SSSR count). The number of benzene rings is 2. The van der Waals surface area contributed by atoms with Crippen molar-refractivity contribution in [2.45, 2.75) is 154 Å². The zero-order valence-corrected chi connectivity index (χ0v) is 43.6. The Morgan fingerprint density at radius 1 is 0.511 bits per heavy atom. The average Bonchev–Trinajstić information content (AvgIpc) is 2.77. The van der Waals surface area contributed by atoms with Crippen LogP contribution in [0.3, 0.4) is 0 Å². The van der Waals surface area contributed by atoms with Crippen molar-refractivity contribution >= 4 is 78.7 Å². The van der Waals surface area contributed by atoms with Crippen LogP contribution < -0.4 is 0 Å². The fourth-order valence-corrected chi connectivity index (χ4v) is 53.1. The van der Waals surface area contributed by atoms with Crippen LogP contribution in [0.5, 0.6) is 0 Å². The van der Waals surface area contributed by atoms with Gasteiger partial charge in [-0.3, -0.25) is 0 Å². The summed E-state index contributed by atoms with van der Waals surface area (Å²) in [5, 5.41) is 2.20. The van der Waals surface area contributed by atoms with Crippen molar-refractivity contribution in [3.8, 4) is 0 Å². The van der Waals surface area contributed by atoms with Crippen LogP contribution in [0, 0.1) is 5.41 Å². The Kier molecular flexibility index (Phi) is 12.0. The molecule has 0 aliphatic carbocycles. The van der Waals surface area contributed by atoms with Crippen LogP contribution in [-0.4, -0.2) is 72.6 Å². The molecule has 2 aromatic rings. The van der Waals surface area contributed by atoms with Gasteiger partial charge in [-0.05, 0) is 0 Å². The Bertz CT molecular complexity index is 1420. The molecule has 2 aromatic carbocycles. The van der Waals surface area contributed by atoms with Gasteiger partial charge in [-0.1, -0.05) is 0 Å². The SMILES string of the molecule is CC(C)(C)[C]1=Cc2ccccc2[C](c2c(C([Si](C)(C)C)[Si](C)(C)C)cc(C([Si](C)(C)C)[Si](C)(C)C)cc2C([Si](C)(C)C)[Si](C)(C)C)=[Sn]1. The minimum atomic E-state index is -1.60. The second-order valence-corrected chi connectivity index (χ2v) is 59.7. The van der Waals surface area contributed by atoms with Crippen molar-refractivity contribution in [3.05, 3.63) is 73.4 Å². The molecule has 0 atom stereocenters. The molecule has 1 aliphatic rings. The Morgan fingerprint density at radius 3 is 1.21 bits per heavy atom. The Hall–Kier alpha value is 0.150. The summed E-state index contributed by atoms with van der Waals surface area (Å²) in [5.41, 5.74) is 10.4. The molecule has 0 N–H and O–H groups in total. The van der Waals surface area contributed by atoms with Crippen LogP contribution in [-0.2, 0) is 0 Å². The van der Waals surface area contributed by atoms with E-state index in [1.54, 1.807) is 20.3 Å². The summed E-state index contributed by atoms with van der Waals surface area (Å²) >= 11 is -1.08. The van der Waals surface area contributed by atoms with E-state index < -0.39 is 69.1 Å². The van der Waals surface area contributed by atoms with Gasteiger partial charge in [-0.2, -0.15) is 0 Å². The van der Waals surface area contributed by atoms with Crippen molar-refractivity contribution in [3.63, 3.8) is 0 Å². The van der Waals surface area contributed by atoms with Crippen molar-refractivity contribution < 1.29 is 0 Å². The fraction of sp³-hybridized carbons (Fsp3) is 0.625. The van der Waals surface area contributed by atoms with Crippen LogP contribution in [0.1, 0.15) is 69.6 Å². The molecule has 0 saturated heterocycles. The van der Waals surface area contributed by atoms with Crippen LogP contribution in [0.4, 0.5) is 0 Å². The molecule has 0 aromatic heterocycles. The molecule has 261 valence electrons. The predicted molar refractivity (Wildman–Crippen MR) is 238 cm³/mol. The van der Waals surface area contributed by atoms with E-state index in [4.69, 9.17) is 0 Å². The average molecular weight is 841 g/mol. The zero-order chi connectivity index (χ0) is 36.5. The summed E-state index contributed by atoms with van der Waals surface area (Å²) < 4.78 is 3.57. The molecule has 0 saturated carbocycles. The normalized spacial score (nSPS) is 15.7. The second-order valence-electron chi connectivity index (χ2n) is 22.5. The first-order valence-electron chi connectivity index (χ1n) is 18.4. The Morgan fingerprint density at radius 2 is 0.872 bits per heavy atom. The third-order valence-electron chi connectivity index (χ3n) is 10.2. The third kappa shape index (κ3) is 9.53. The zero-order valence-electron chi connectivity index (χ0n) is 34.8. The summed E-state index contributed by atoms with van der Waals surface area (Å²) in [6.07, 6.45) is 2.62. The van der Waals surface area contributed by atoms with Gasteiger partial charge in [0.05, 0.1) is 0 Å². The molecule has 0 spiro atoms. The van der Waals surface area contributed by atoms with Crippen molar-refractivity contribution in [2.24, 2.45) is 5.41 Å². The second kappa shape index (κ2) is 13.6. The number of allylic oxidation sites excluding steroid dienone is 1. The van der Waals surface area contributed by atoms with E-state index in [9.17, 15) is 0 Å². The van der Waals surface area contributed by atoms with Crippen molar-refractivity contribution in [1.82, 2.24) is 0 Å². The number of hydrogen-bond donors (Lipinski definition) is 0. The van der Waals surface area contributed by atoms with Crippen molar-refractivity contribution in [1.29, 1.82) is 0 Å². The van der Waals surface area contributed by atoms with Crippen LogP contribution >= 0.6 is 0 Å². The van der Waals surface area contributed by atoms with Gasteiger partial charge < -0.3 is 0 Å². The van der Waals surface area contributed by atoms with E-state index in [0.29, 0.717) is 0 Å². The maximum absolute atomic E-state index is 2.91. The molecule has 0 nitrogen and oxygen atoms in total. The molecule has 1 heterocycles. The van der Waals surface area contributed by atoms with Gasteiger partial charge in [0.1, 0.15) is 0 Å². The Labute approximate surface area is 309 Å². The molecular formula is C40H73Si6Sn. The van der Waals surface area contributed by atoms with Gasteiger partial charge in [0.15, 0.2) is 0 Å². The third-order valence-corrected chi connectivity index (χ3v) is 43.6. The van der Waals surface area contributed by atoms with E-state index in [0.717, 1.165) is 15.5 Å².